The predicted molar refractivity (Wildman–Crippen MR) is 97.1 cm³/mol. The summed E-state index contributed by atoms with van der Waals surface area (Å²) in [5.41, 5.74) is -0.487. The van der Waals surface area contributed by atoms with E-state index in [9.17, 15) is 18.8 Å². The summed E-state index contributed by atoms with van der Waals surface area (Å²) in [6.07, 6.45) is 1.58. The third-order valence-corrected chi connectivity index (χ3v) is 6.16. The molecule has 0 radical (unpaired) electrons. The van der Waals surface area contributed by atoms with Gasteiger partial charge in [0.25, 0.3) is 0 Å². The van der Waals surface area contributed by atoms with E-state index in [4.69, 9.17) is 0 Å². The Bertz CT molecular complexity index is 840. The average Bonchev–Trinajstić information content (AvgIpc) is 3.20. The number of fused-ring (bicyclic) bond motifs is 4. The summed E-state index contributed by atoms with van der Waals surface area (Å²) in [5, 5.41) is 6.06. The van der Waals surface area contributed by atoms with Crippen molar-refractivity contribution < 1.29 is 18.8 Å². The Balaban J connectivity index is 1.86. The highest BCUT2D eigenvalue weighted by Crippen LogP contribution is 2.53. The van der Waals surface area contributed by atoms with Crippen LogP contribution in [0.15, 0.2) is 18.2 Å². The number of rotatable bonds is 4. The van der Waals surface area contributed by atoms with Gasteiger partial charge in [-0.15, -0.1) is 0 Å². The molecule has 2 saturated heterocycles. The van der Waals surface area contributed by atoms with Crippen molar-refractivity contribution in [3.8, 4) is 0 Å². The minimum absolute atomic E-state index is 0.0326. The molecule has 0 bridgehead atoms. The van der Waals surface area contributed by atoms with Gasteiger partial charge in [0.15, 0.2) is 0 Å². The summed E-state index contributed by atoms with van der Waals surface area (Å²) in [7, 11) is 0. The molecule has 1 spiro atoms. The minimum atomic E-state index is -1.40. The Labute approximate surface area is 157 Å². The van der Waals surface area contributed by atoms with Crippen LogP contribution in [-0.4, -0.2) is 35.2 Å². The standard InChI is InChI=1S/C20H24FN3O3/c1-4-5-8-24-17(25)14-15(18(24)26)20(23-16(14)10(2)3)12-9-11(21)6-7-13(12)22-19(20)27/h6-7,9-10,14-16,23H,4-5,8H2,1-3H3,(H,22,27)/t14-,15-,16+,20-/m0/s1. The Morgan fingerprint density at radius 3 is 2.63 bits per heavy atom. The van der Waals surface area contributed by atoms with Gasteiger partial charge in [0.2, 0.25) is 17.7 Å². The molecule has 3 amide bonds. The highest BCUT2D eigenvalue weighted by Gasteiger charge is 2.70. The number of imide groups is 1. The van der Waals surface area contributed by atoms with Crippen molar-refractivity contribution in [1.29, 1.82) is 0 Å². The highest BCUT2D eigenvalue weighted by atomic mass is 19.1. The highest BCUT2D eigenvalue weighted by molar-refractivity contribution is 6.15. The van der Waals surface area contributed by atoms with Crippen LogP contribution in [0.25, 0.3) is 0 Å². The van der Waals surface area contributed by atoms with Gasteiger partial charge in [-0.05, 0) is 30.5 Å². The number of hydrogen-bond donors (Lipinski definition) is 2. The molecule has 144 valence electrons. The second-order valence-corrected chi connectivity index (χ2v) is 8.05. The summed E-state index contributed by atoms with van der Waals surface area (Å²) >= 11 is 0. The number of carbonyl (C=O) groups is 3. The Kier molecular flexibility index (Phi) is 4.10. The number of hydrogen-bond acceptors (Lipinski definition) is 4. The van der Waals surface area contributed by atoms with Gasteiger partial charge in [0, 0.05) is 23.8 Å². The number of amides is 3. The van der Waals surface area contributed by atoms with E-state index < -0.39 is 23.2 Å². The summed E-state index contributed by atoms with van der Waals surface area (Å²) in [5.74, 6) is -2.85. The summed E-state index contributed by atoms with van der Waals surface area (Å²) in [6.45, 7) is 6.27. The first-order valence-corrected chi connectivity index (χ1v) is 9.57. The van der Waals surface area contributed by atoms with E-state index in [0.717, 1.165) is 12.8 Å². The second kappa shape index (κ2) is 6.12. The van der Waals surface area contributed by atoms with E-state index in [1.54, 1.807) is 0 Å². The normalized spacial score (nSPS) is 31.8. The molecule has 0 aliphatic carbocycles. The van der Waals surface area contributed by atoms with Gasteiger partial charge in [-0.25, -0.2) is 4.39 Å². The van der Waals surface area contributed by atoms with Gasteiger partial charge in [0.05, 0.1) is 11.8 Å². The molecule has 7 heteroatoms. The van der Waals surface area contributed by atoms with Crippen LogP contribution < -0.4 is 10.6 Å². The van der Waals surface area contributed by atoms with Gasteiger partial charge in [-0.2, -0.15) is 0 Å². The maximum absolute atomic E-state index is 14.0. The molecule has 3 aliphatic heterocycles. The number of unbranched alkanes of at least 4 members (excludes halogenated alkanes) is 1. The minimum Gasteiger partial charge on any atom is -0.324 e. The van der Waals surface area contributed by atoms with Crippen LogP contribution in [0.4, 0.5) is 10.1 Å². The van der Waals surface area contributed by atoms with Crippen molar-refractivity contribution >= 4 is 23.4 Å². The van der Waals surface area contributed by atoms with Crippen molar-refractivity contribution in [3.63, 3.8) is 0 Å². The first-order valence-electron chi connectivity index (χ1n) is 9.57. The zero-order valence-corrected chi connectivity index (χ0v) is 15.7. The quantitative estimate of drug-likeness (QED) is 0.792. The van der Waals surface area contributed by atoms with Crippen molar-refractivity contribution in [2.75, 3.05) is 11.9 Å². The molecule has 4 atom stereocenters. The maximum atomic E-state index is 14.0. The fourth-order valence-electron chi connectivity index (χ4n) is 4.88. The topological polar surface area (TPSA) is 78.5 Å². The van der Waals surface area contributed by atoms with E-state index >= 15 is 0 Å². The zero-order chi connectivity index (χ0) is 19.5. The van der Waals surface area contributed by atoms with Crippen molar-refractivity contribution in [2.45, 2.75) is 45.2 Å². The molecule has 2 fully saturated rings. The Hall–Kier alpha value is -2.28. The summed E-state index contributed by atoms with van der Waals surface area (Å²) in [6, 6.07) is 3.75. The smallest absolute Gasteiger partial charge is 0.250 e. The van der Waals surface area contributed by atoms with Crippen LogP contribution in [0.1, 0.15) is 39.2 Å². The van der Waals surface area contributed by atoms with Gasteiger partial charge < -0.3 is 5.32 Å². The van der Waals surface area contributed by atoms with Crippen LogP contribution in [0.5, 0.6) is 0 Å². The molecule has 2 N–H and O–H groups in total. The monoisotopic (exact) mass is 373 g/mol. The largest absolute Gasteiger partial charge is 0.324 e. The molecule has 6 nitrogen and oxygen atoms in total. The maximum Gasteiger partial charge on any atom is 0.250 e. The lowest BCUT2D eigenvalue weighted by Gasteiger charge is -2.30. The number of benzene rings is 1. The lowest BCUT2D eigenvalue weighted by molar-refractivity contribution is -0.143. The molecule has 0 saturated carbocycles. The van der Waals surface area contributed by atoms with Crippen LogP contribution in [-0.2, 0) is 19.9 Å². The average molecular weight is 373 g/mol. The number of nitrogens with one attached hydrogen (secondary N) is 2. The lowest BCUT2D eigenvalue weighted by atomic mass is 9.76. The molecule has 1 aromatic carbocycles. The van der Waals surface area contributed by atoms with E-state index in [1.165, 1.54) is 23.1 Å². The molecule has 4 rings (SSSR count). The molecule has 1 aromatic rings. The van der Waals surface area contributed by atoms with Crippen LogP contribution >= 0.6 is 0 Å². The second-order valence-electron chi connectivity index (χ2n) is 8.05. The first kappa shape index (κ1) is 18.1. The van der Waals surface area contributed by atoms with Crippen molar-refractivity contribution in [1.82, 2.24) is 10.2 Å². The third kappa shape index (κ3) is 2.30. The molecule has 3 aliphatic rings. The van der Waals surface area contributed by atoms with Gasteiger partial charge in [-0.3, -0.25) is 24.6 Å². The van der Waals surface area contributed by atoms with Crippen LogP contribution in [0, 0.1) is 23.6 Å². The lowest BCUT2D eigenvalue weighted by Crippen LogP contribution is -2.54. The van der Waals surface area contributed by atoms with E-state index in [1.807, 2.05) is 20.8 Å². The molecule has 0 unspecified atom stereocenters. The van der Waals surface area contributed by atoms with Gasteiger partial charge >= 0.3 is 0 Å². The predicted octanol–water partition coefficient (Wildman–Crippen LogP) is 2.00. The van der Waals surface area contributed by atoms with Crippen LogP contribution in [0.2, 0.25) is 0 Å². The zero-order valence-electron chi connectivity index (χ0n) is 15.7. The van der Waals surface area contributed by atoms with Gasteiger partial charge in [0.1, 0.15) is 11.4 Å². The fraction of sp³-hybridized carbons (Fsp3) is 0.550. The molecular formula is C20H24FN3O3. The van der Waals surface area contributed by atoms with E-state index in [0.29, 0.717) is 17.8 Å². The number of likely N-dealkylation sites (tertiary alicyclic amines) is 1. The number of halogens is 1. The van der Waals surface area contributed by atoms with E-state index in [2.05, 4.69) is 10.6 Å². The number of nitrogens with zero attached hydrogens (tertiary/aromatic N) is 1. The molecule has 3 heterocycles. The van der Waals surface area contributed by atoms with Crippen molar-refractivity contribution in [3.05, 3.63) is 29.6 Å². The number of anilines is 1. The molecule has 27 heavy (non-hydrogen) atoms. The van der Waals surface area contributed by atoms with E-state index in [-0.39, 0.29) is 29.7 Å². The third-order valence-electron chi connectivity index (χ3n) is 6.16. The fourth-order valence-corrected chi connectivity index (χ4v) is 4.88. The Morgan fingerprint density at radius 2 is 1.96 bits per heavy atom. The van der Waals surface area contributed by atoms with Crippen molar-refractivity contribution in [2.24, 2.45) is 17.8 Å². The first-order chi connectivity index (χ1) is 12.8. The molecular weight excluding hydrogens is 349 g/mol. The molecule has 0 aromatic heterocycles. The SMILES string of the molecule is CCCCN1C(=O)[C@@H]2[C@@H](C(C)C)N[C@]3(C(=O)Nc4ccc(F)cc43)[C@@H]2C1=O. The summed E-state index contributed by atoms with van der Waals surface area (Å²) < 4.78 is 14.0. The Morgan fingerprint density at radius 1 is 1.22 bits per heavy atom. The van der Waals surface area contributed by atoms with Crippen LogP contribution in [0.3, 0.4) is 0 Å². The summed E-state index contributed by atoms with van der Waals surface area (Å²) in [4.78, 5) is 40.7. The van der Waals surface area contributed by atoms with Gasteiger partial charge in [-0.1, -0.05) is 27.2 Å². The number of carbonyl (C=O) groups excluding carboxylic acids is 3.